The van der Waals surface area contributed by atoms with E-state index in [0.717, 1.165) is 38.6 Å². The molecule has 0 aliphatic heterocycles. The third kappa shape index (κ3) is 4.39. The second-order valence-corrected chi connectivity index (χ2v) is 7.78. The smallest absolute Gasteiger partial charge is 0.130 e. The summed E-state index contributed by atoms with van der Waals surface area (Å²) in [4.78, 5) is 13.5. The number of aryl methyl sites for hydroxylation is 1. The second kappa shape index (κ2) is 8.89. The van der Waals surface area contributed by atoms with E-state index in [4.69, 9.17) is 10.00 Å². The van der Waals surface area contributed by atoms with Gasteiger partial charge < -0.3 is 10.1 Å². The maximum atomic E-state index is 9.10. The Hall–Kier alpha value is -3.50. The molecule has 2 heterocycles. The lowest BCUT2D eigenvalue weighted by molar-refractivity contribution is 0.414. The van der Waals surface area contributed by atoms with Crippen molar-refractivity contribution in [1.29, 1.82) is 5.26 Å². The molecule has 0 bridgehead atoms. The number of methoxy groups -OCH3 is 1. The fourth-order valence-corrected chi connectivity index (χ4v) is 4.09. The Morgan fingerprint density at radius 1 is 1.17 bits per heavy atom. The molecule has 30 heavy (non-hydrogen) atoms. The minimum absolute atomic E-state index is 0.0640. The molecule has 0 fully saturated rings. The van der Waals surface area contributed by atoms with Crippen molar-refractivity contribution in [2.45, 2.75) is 25.8 Å². The van der Waals surface area contributed by atoms with Crippen LogP contribution in [0.3, 0.4) is 0 Å². The normalized spacial score (nSPS) is 11.8. The van der Waals surface area contributed by atoms with E-state index in [0.29, 0.717) is 18.7 Å². The van der Waals surface area contributed by atoms with Gasteiger partial charge in [-0.15, -0.1) is 11.3 Å². The average molecular weight is 416 g/mol. The van der Waals surface area contributed by atoms with E-state index in [1.54, 1.807) is 18.4 Å². The fraction of sp³-hybridized carbons (Fsp3) is 0.217. The summed E-state index contributed by atoms with van der Waals surface area (Å²) in [5.41, 5.74) is 5.76. The maximum Gasteiger partial charge on any atom is 0.130 e. The van der Waals surface area contributed by atoms with Crippen molar-refractivity contribution in [2.75, 3.05) is 12.4 Å². The predicted octanol–water partition coefficient (Wildman–Crippen LogP) is 5.53. The molecule has 1 unspecified atom stereocenters. The summed E-state index contributed by atoms with van der Waals surface area (Å²) in [6, 6.07) is 18.2. The molecule has 0 aliphatic rings. The van der Waals surface area contributed by atoms with E-state index in [9.17, 15) is 0 Å². The van der Waals surface area contributed by atoms with Crippen LogP contribution < -0.4 is 10.1 Å². The van der Waals surface area contributed by atoms with Gasteiger partial charge in [0.1, 0.15) is 17.4 Å². The number of hydrogen-bond acceptors (Lipinski definition) is 7. The summed E-state index contributed by atoms with van der Waals surface area (Å²) in [5, 5.41) is 12.6. The summed E-state index contributed by atoms with van der Waals surface area (Å²) in [7, 11) is 1.65. The van der Waals surface area contributed by atoms with Crippen LogP contribution >= 0.6 is 11.3 Å². The number of rotatable bonds is 7. The van der Waals surface area contributed by atoms with Gasteiger partial charge in [0.2, 0.25) is 0 Å². The molecule has 1 N–H and O–H groups in total. The number of nitrogens with zero attached hydrogens (tertiary/aromatic N) is 4. The molecule has 4 rings (SSSR count). The Morgan fingerprint density at radius 3 is 2.90 bits per heavy atom. The van der Waals surface area contributed by atoms with E-state index >= 15 is 0 Å². The first-order valence-electron chi connectivity index (χ1n) is 9.63. The minimum atomic E-state index is -0.0640. The van der Waals surface area contributed by atoms with Gasteiger partial charge in [-0.05, 0) is 43.2 Å². The lowest BCUT2D eigenvalue weighted by Crippen LogP contribution is -2.13. The molecule has 0 spiro atoms. The molecule has 2 aromatic heterocycles. The number of thiazole rings is 1. The highest BCUT2D eigenvalue weighted by atomic mass is 32.1. The average Bonchev–Trinajstić information content (AvgIpc) is 3.24. The van der Waals surface area contributed by atoms with Crippen molar-refractivity contribution >= 4 is 27.4 Å². The predicted molar refractivity (Wildman–Crippen MR) is 120 cm³/mol. The van der Waals surface area contributed by atoms with Crippen LogP contribution in [-0.4, -0.2) is 22.1 Å². The third-order valence-electron chi connectivity index (χ3n) is 4.83. The van der Waals surface area contributed by atoms with Crippen molar-refractivity contribution < 1.29 is 4.74 Å². The first kappa shape index (κ1) is 19.8. The second-order valence-electron chi connectivity index (χ2n) is 6.89. The zero-order chi connectivity index (χ0) is 20.9. The van der Waals surface area contributed by atoms with E-state index in [1.807, 2.05) is 54.9 Å². The van der Waals surface area contributed by atoms with Gasteiger partial charge in [-0.3, -0.25) is 0 Å². The molecule has 0 saturated heterocycles. The van der Waals surface area contributed by atoms with Gasteiger partial charge in [-0.2, -0.15) is 5.26 Å². The van der Waals surface area contributed by atoms with Gasteiger partial charge in [-0.25, -0.2) is 15.0 Å². The number of nitriles is 1. The van der Waals surface area contributed by atoms with E-state index in [1.165, 1.54) is 0 Å². The van der Waals surface area contributed by atoms with Crippen LogP contribution in [-0.2, 0) is 0 Å². The van der Waals surface area contributed by atoms with Crippen LogP contribution in [0, 0.1) is 18.3 Å². The number of aromatic nitrogens is 3. The molecule has 0 radical (unpaired) electrons. The molecule has 7 heteroatoms. The van der Waals surface area contributed by atoms with Gasteiger partial charge in [-0.1, -0.05) is 18.2 Å². The molecule has 1 atom stereocenters. The Bertz CT molecular complexity index is 1210. The molecule has 4 aromatic rings. The number of ether oxygens (including phenoxy) is 1. The zero-order valence-electron chi connectivity index (χ0n) is 16.8. The lowest BCUT2D eigenvalue weighted by Gasteiger charge is -2.20. The topological polar surface area (TPSA) is 83.7 Å². The molecule has 2 aromatic carbocycles. The number of hydrogen-bond donors (Lipinski definition) is 1. The van der Waals surface area contributed by atoms with E-state index in [-0.39, 0.29) is 6.04 Å². The highest BCUT2D eigenvalue weighted by Gasteiger charge is 2.15. The van der Waals surface area contributed by atoms with Crippen LogP contribution in [0.1, 0.15) is 30.3 Å². The van der Waals surface area contributed by atoms with Crippen molar-refractivity contribution in [2.24, 2.45) is 0 Å². The maximum absolute atomic E-state index is 9.10. The number of anilines is 1. The summed E-state index contributed by atoms with van der Waals surface area (Å²) < 4.78 is 6.49. The van der Waals surface area contributed by atoms with Crippen LogP contribution in [0.2, 0.25) is 0 Å². The Labute approximate surface area is 179 Å². The number of nitrogens with one attached hydrogen (secondary N) is 1. The summed E-state index contributed by atoms with van der Waals surface area (Å²) in [5.74, 6) is 2.20. The van der Waals surface area contributed by atoms with E-state index in [2.05, 4.69) is 32.4 Å². The summed E-state index contributed by atoms with van der Waals surface area (Å²) >= 11 is 1.61. The van der Waals surface area contributed by atoms with Crippen LogP contribution in [0.15, 0.2) is 54.0 Å². The quantitative estimate of drug-likeness (QED) is 0.427. The highest BCUT2D eigenvalue weighted by Crippen LogP contribution is 2.29. The number of fused-ring (bicyclic) bond motifs is 1. The molecule has 0 aliphatic carbocycles. The zero-order valence-corrected chi connectivity index (χ0v) is 17.6. The van der Waals surface area contributed by atoms with Gasteiger partial charge in [0.25, 0.3) is 0 Å². The van der Waals surface area contributed by atoms with Gasteiger partial charge in [0.05, 0.1) is 40.6 Å². The lowest BCUT2D eigenvalue weighted by atomic mass is 10.0. The minimum Gasteiger partial charge on any atom is -0.497 e. The van der Waals surface area contributed by atoms with Gasteiger partial charge in [0.15, 0.2) is 0 Å². The van der Waals surface area contributed by atoms with Crippen molar-refractivity contribution in [1.82, 2.24) is 15.0 Å². The molecule has 0 amide bonds. The Balaban J connectivity index is 1.66. The van der Waals surface area contributed by atoms with Crippen molar-refractivity contribution in [3.05, 3.63) is 65.4 Å². The fourth-order valence-electron chi connectivity index (χ4n) is 3.37. The highest BCUT2D eigenvalue weighted by molar-refractivity contribution is 7.16. The van der Waals surface area contributed by atoms with Crippen molar-refractivity contribution in [3.8, 4) is 23.1 Å². The Kier molecular flexibility index (Phi) is 5.87. The van der Waals surface area contributed by atoms with Crippen LogP contribution in [0.4, 0.5) is 5.82 Å². The molecular weight excluding hydrogens is 394 g/mol. The standard InChI is InChI=1S/C23H21N5OS/c1-15-26-21(17-8-9-20-22(12-17)30-14-25-20)13-23(27-15)28-19(7-4-10-24)16-5-3-6-18(11-16)29-2/h3,5-6,8-9,11-14,19H,4,7H2,1-2H3,(H,26,27,28). The van der Waals surface area contributed by atoms with Gasteiger partial charge >= 0.3 is 0 Å². The number of benzene rings is 2. The van der Waals surface area contributed by atoms with Gasteiger partial charge in [0, 0.05) is 18.1 Å². The Morgan fingerprint density at radius 2 is 2.07 bits per heavy atom. The SMILES string of the molecule is COc1cccc(C(CCC#N)Nc2cc(-c3ccc4ncsc4c3)nc(C)n2)c1. The first-order chi connectivity index (χ1) is 14.7. The first-order valence-corrected chi connectivity index (χ1v) is 10.5. The van der Waals surface area contributed by atoms with Crippen LogP contribution in [0.25, 0.3) is 21.5 Å². The van der Waals surface area contributed by atoms with Crippen molar-refractivity contribution in [3.63, 3.8) is 0 Å². The molecule has 0 saturated carbocycles. The molecular formula is C23H21N5OS. The summed E-state index contributed by atoms with van der Waals surface area (Å²) in [6.45, 7) is 1.88. The monoisotopic (exact) mass is 415 g/mol. The molecule has 6 nitrogen and oxygen atoms in total. The van der Waals surface area contributed by atoms with E-state index < -0.39 is 0 Å². The largest absolute Gasteiger partial charge is 0.497 e. The molecule has 150 valence electrons. The third-order valence-corrected chi connectivity index (χ3v) is 5.62. The summed E-state index contributed by atoms with van der Waals surface area (Å²) in [6.07, 6.45) is 1.10. The van der Waals surface area contributed by atoms with Crippen LogP contribution in [0.5, 0.6) is 5.75 Å².